The van der Waals surface area contributed by atoms with Gasteiger partial charge in [0.2, 0.25) is 0 Å². The largest absolute Gasteiger partial charge is 0.283 e. The quantitative estimate of drug-likeness (QED) is 0.102. The molecule has 0 N–H and O–H groups in total. The number of aromatic nitrogens is 1. The smallest absolute Gasteiger partial charge is 0.268 e. The van der Waals surface area contributed by atoms with Crippen LogP contribution >= 0.6 is 58.1 Å². The Hall–Kier alpha value is -3.67. The van der Waals surface area contributed by atoms with Crippen molar-refractivity contribution in [3.05, 3.63) is 121 Å². The number of halogens is 2. The summed E-state index contributed by atoms with van der Waals surface area (Å²) >= 11 is 16.6. The minimum absolute atomic E-state index is 0.0700. The van der Waals surface area contributed by atoms with Gasteiger partial charge in [0.25, 0.3) is 11.6 Å². The first-order chi connectivity index (χ1) is 20.7. The van der Waals surface area contributed by atoms with Crippen molar-refractivity contribution in [2.75, 3.05) is 4.90 Å². The van der Waals surface area contributed by atoms with Crippen molar-refractivity contribution in [2.24, 2.45) is 4.99 Å². The van der Waals surface area contributed by atoms with Gasteiger partial charge in [0.15, 0.2) is 9.51 Å². The van der Waals surface area contributed by atoms with Gasteiger partial charge in [-0.15, -0.1) is 11.3 Å². The molecule has 214 valence electrons. The molecule has 43 heavy (non-hydrogen) atoms. The Morgan fingerprint density at radius 2 is 1.72 bits per heavy atom. The van der Waals surface area contributed by atoms with Crippen LogP contribution in [0.25, 0.3) is 16.3 Å². The minimum atomic E-state index is -0.421. The summed E-state index contributed by atoms with van der Waals surface area (Å²) < 4.78 is 1.72. The average Bonchev–Trinajstić information content (AvgIpc) is 3.52. The van der Waals surface area contributed by atoms with Crippen LogP contribution in [-0.2, 0) is 4.79 Å². The van der Waals surface area contributed by atoms with E-state index < -0.39 is 4.92 Å². The van der Waals surface area contributed by atoms with Crippen LogP contribution in [0.2, 0.25) is 10.0 Å². The summed E-state index contributed by atoms with van der Waals surface area (Å²) in [5.74, 6) is -0.322. The molecule has 0 bridgehead atoms. The maximum atomic E-state index is 13.8. The molecule has 0 aliphatic carbocycles. The summed E-state index contributed by atoms with van der Waals surface area (Å²) in [6.45, 7) is 3.78. The molecule has 12 heteroatoms. The van der Waals surface area contributed by atoms with Crippen molar-refractivity contribution < 1.29 is 9.72 Å². The fourth-order valence-corrected chi connectivity index (χ4v) is 7.71. The van der Waals surface area contributed by atoms with Crippen molar-refractivity contribution in [2.45, 2.75) is 23.1 Å². The summed E-state index contributed by atoms with van der Waals surface area (Å²) in [5, 5.41) is 13.6. The van der Waals surface area contributed by atoms with E-state index in [2.05, 4.69) is 4.98 Å². The van der Waals surface area contributed by atoms with Gasteiger partial charge in [0, 0.05) is 16.1 Å². The molecule has 1 fully saturated rings. The van der Waals surface area contributed by atoms with Crippen molar-refractivity contribution in [3.8, 4) is 0 Å². The van der Waals surface area contributed by atoms with E-state index in [9.17, 15) is 14.9 Å². The van der Waals surface area contributed by atoms with E-state index in [1.165, 1.54) is 45.8 Å². The highest BCUT2D eigenvalue weighted by atomic mass is 35.5. The summed E-state index contributed by atoms with van der Waals surface area (Å²) in [7, 11) is 0. The molecule has 1 aromatic heterocycles. The van der Waals surface area contributed by atoms with Crippen molar-refractivity contribution in [3.63, 3.8) is 0 Å². The van der Waals surface area contributed by atoms with Crippen LogP contribution in [0, 0.1) is 24.0 Å². The van der Waals surface area contributed by atoms with Crippen LogP contribution in [0.3, 0.4) is 0 Å². The fraction of sp³-hybridized carbons (Fsp3) is 0.0645. The van der Waals surface area contributed by atoms with Crippen LogP contribution in [0.15, 0.2) is 98.0 Å². The Labute approximate surface area is 269 Å². The lowest BCUT2D eigenvalue weighted by molar-refractivity contribution is -0.387. The van der Waals surface area contributed by atoms with E-state index in [0.717, 1.165) is 21.3 Å². The predicted molar refractivity (Wildman–Crippen MR) is 179 cm³/mol. The maximum absolute atomic E-state index is 13.8. The molecule has 0 unspecified atom stereocenters. The Balaban J connectivity index is 1.37. The van der Waals surface area contributed by atoms with Crippen molar-refractivity contribution in [1.82, 2.24) is 4.98 Å². The first kappa shape index (κ1) is 29.4. The number of carbonyl (C=O) groups is 1. The highest BCUT2D eigenvalue weighted by molar-refractivity contribution is 8.19. The number of rotatable bonds is 6. The first-order valence-corrected chi connectivity index (χ1v) is 16.0. The molecule has 0 spiro atoms. The molecule has 0 saturated carbocycles. The third-order valence-corrected chi connectivity index (χ3v) is 10.5. The Bertz CT molecular complexity index is 1970. The molecule has 2 heterocycles. The van der Waals surface area contributed by atoms with E-state index in [1.807, 2.05) is 56.3 Å². The number of fused-ring (bicyclic) bond motifs is 1. The number of hydrogen-bond donors (Lipinski definition) is 0. The van der Waals surface area contributed by atoms with Gasteiger partial charge >= 0.3 is 0 Å². The Kier molecular flexibility index (Phi) is 8.30. The second-order valence-electron chi connectivity index (χ2n) is 9.55. The number of para-hydroxylation sites is 1. The van der Waals surface area contributed by atoms with Gasteiger partial charge in [0.05, 0.1) is 36.3 Å². The normalized spacial score (nSPS) is 15.3. The zero-order valence-corrected chi connectivity index (χ0v) is 26.5. The van der Waals surface area contributed by atoms with Gasteiger partial charge in [-0.25, -0.2) is 9.98 Å². The second-order valence-corrected chi connectivity index (χ2v) is 13.7. The van der Waals surface area contributed by atoms with E-state index >= 15 is 0 Å². The van der Waals surface area contributed by atoms with Crippen molar-refractivity contribution >= 4 is 102 Å². The van der Waals surface area contributed by atoms with Crippen LogP contribution in [0.4, 0.5) is 17.1 Å². The number of nitro groups is 1. The lowest BCUT2D eigenvalue weighted by Gasteiger charge is -2.16. The predicted octanol–water partition coefficient (Wildman–Crippen LogP) is 10.1. The number of hydrogen-bond acceptors (Lipinski definition) is 8. The molecular weight excluding hydrogens is 643 g/mol. The number of amides is 1. The van der Waals surface area contributed by atoms with E-state index in [-0.39, 0.29) is 11.6 Å². The summed E-state index contributed by atoms with van der Waals surface area (Å²) in [5.41, 5.74) is 4.22. The second kappa shape index (κ2) is 12.1. The number of thiazole rings is 1. The molecule has 0 atom stereocenters. The molecule has 6 rings (SSSR count). The topological polar surface area (TPSA) is 88.7 Å². The molecule has 1 amide bonds. The number of nitrogens with zero attached hydrogens (tertiary/aromatic N) is 4. The monoisotopic (exact) mass is 662 g/mol. The first-order valence-electron chi connectivity index (χ1n) is 12.8. The summed E-state index contributed by atoms with van der Waals surface area (Å²) in [4.78, 5) is 37.1. The maximum Gasteiger partial charge on any atom is 0.283 e. The number of nitro benzene ring substituents is 1. The van der Waals surface area contributed by atoms with E-state index in [4.69, 9.17) is 28.2 Å². The Morgan fingerprint density at radius 1 is 0.977 bits per heavy atom. The van der Waals surface area contributed by atoms with E-state index in [1.54, 1.807) is 36.4 Å². The van der Waals surface area contributed by atoms with Crippen LogP contribution in [-0.4, -0.2) is 21.0 Å². The molecule has 1 saturated heterocycles. The zero-order chi connectivity index (χ0) is 30.2. The van der Waals surface area contributed by atoms with E-state index in [0.29, 0.717) is 46.3 Å². The van der Waals surface area contributed by atoms with Gasteiger partial charge in [-0.3, -0.25) is 19.8 Å². The molecule has 4 aromatic carbocycles. The van der Waals surface area contributed by atoms with Gasteiger partial charge in [-0.1, -0.05) is 65.3 Å². The van der Waals surface area contributed by atoms with Crippen LogP contribution in [0.5, 0.6) is 0 Å². The highest BCUT2D eigenvalue weighted by Gasteiger charge is 2.35. The van der Waals surface area contributed by atoms with Crippen LogP contribution in [0.1, 0.15) is 16.7 Å². The zero-order valence-electron chi connectivity index (χ0n) is 22.6. The van der Waals surface area contributed by atoms with Gasteiger partial charge in [0.1, 0.15) is 0 Å². The lowest BCUT2D eigenvalue weighted by Crippen LogP contribution is -2.28. The molecule has 7 nitrogen and oxygen atoms in total. The van der Waals surface area contributed by atoms with Crippen molar-refractivity contribution in [1.29, 1.82) is 0 Å². The minimum Gasteiger partial charge on any atom is -0.268 e. The number of thioether (sulfide) groups is 1. The Morgan fingerprint density at radius 3 is 2.44 bits per heavy atom. The SMILES string of the molecule is Cc1ccc(N=C2S/C(=C\c3ccc(Sc4nc5ccccc5s4)c([N+](=O)[O-])c3)C(=O)N2c2ccc(C)c(Cl)c2)cc1Cl. The molecule has 0 radical (unpaired) electrons. The number of carbonyl (C=O) groups excluding carboxylic acids is 1. The lowest BCUT2D eigenvalue weighted by atomic mass is 10.1. The third kappa shape index (κ3) is 6.20. The van der Waals surface area contributed by atoms with Gasteiger partial charge in [-0.05, 0) is 90.8 Å². The number of aryl methyl sites for hydroxylation is 2. The summed E-state index contributed by atoms with van der Waals surface area (Å²) in [6, 6.07) is 23.4. The fourth-order valence-electron chi connectivity index (χ4n) is 4.25. The molecule has 1 aliphatic rings. The third-order valence-electron chi connectivity index (χ3n) is 6.55. The molecular formula is C31H20Cl2N4O3S3. The number of aliphatic imine (C=N–C) groups is 1. The number of amidine groups is 1. The van der Waals surface area contributed by atoms with Gasteiger partial charge in [-0.2, -0.15) is 0 Å². The van der Waals surface area contributed by atoms with Gasteiger partial charge < -0.3 is 0 Å². The molecule has 5 aromatic rings. The number of anilines is 1. The highest BCUT2D eigenvalue weighted by Crippen LogP contribution is 2.41. The van der Waals surface area contributed by atoms with Crippen LogP contribution < -0.4 is 4.90 Å². The summed E-state index contributed by atoms with van der Waals surface area (Å²) in [6.07, 6.45) is 1.64. The molecule has 1 aliphatic heterocycles. The number of benzene rings is 4. The standard InChI is InChI=1S/C31H20Cl2N4O3S3/c1-17-7-10-20(15-22(17)32)34-30-36(21-11-8-18(2)23(33)16-21)29(38)28(41-30)14-19-9-12-27(25(13-19)37(39)40)43-31-35-24-5-3-4-6-26(24)42-31/h3-16H,1-2H3/b28-14-,34-30?. The average molecular weight is 664 g/mol.